The molecule has 0 atom stereocenters. The molecule has 0 spiro atoms. The Morgan fingerprint density at radius 1 is 0.600 bits per heavy atom. The van der Waals surface area contributed by atoms with E-state index in [-0.39, 0.29) is 17.4 Å². The highest BCUT2D eigenvalue weighted by molar-refractivity contribution is 6.34. The summed E-state index contributed by atoms with van der Waals surface area (Å²) in [5.41, 5.74) is 2.72. The van der Waals surface area contributed by atoms with E-state index in [4.69, 9.17) is 0 Å². The van der Waals surface area contributed by atoms with E-state index in [9.17, 15) is 19.8 Å². The number of phenols is 2. The summed E-state index contributed by atoms with van der Waals surface area (Å²) in [7, 11) is 0. The van der Waals surface area contributed by atoms with Crippen molar-refractivity contribution in [3.05, 3.63) is 77.9 Å². The molecule has 0 aliphatic carbocycles. The van der Waals surface area contributed by atoms with Crippen LogP contribution in [0.3, 0.4) is 0 Å². The number of carbonyl (C=O) groups excluding carboxylic acids is 2. The molecule has 1 aliphatic rings. The molecule has 3 aromatic carbocycles. The number of amides is 2. The first-order valence-electron chi connectivity index (χ1n) is 7.66. The molecule has 2 N–H and O–H groups in total. The van der Waals surface area contributed by atoms with E-state index in [1.165, 1.54) is 24.3 Å². The molecule has 0 unspecified atom stereocenters. The van der Waals surface area contributed by atoms with Gasteiger partial charge in [-0.05, 0) is 59.7 Å². The first-order chi connectivity index (χ1) is 12.0. The Labute approximate surface area is 143 Å². The largest absolute Gasteiger partial charge is 0.508 e. The number of hydrogen-bond donors (Lipinski definition) is 2. The zero-order chi connectivity index (χ0) is 17.6. The lowest BCUT2D eigenvalue weighted by atomic mass is 10.0. The number of fused-ring (bicyclic) bond motifs is 1. The fourth-order valence-electron chi connectivity index (χ4n) is 2.91. The molecule has 25 heavy (non-hydrogen) atoms. The molecule has 1 aliphatic heterocycles. The highest BCUT2D eigenvalue weighted by Crippen LogP contribution is 2.32. The summed E-state index contributed by atoms with van der Waals surface area (Å²) in [6.07, 6.45) is 0. The first kappa shape index (κ1) is 15.0. The second-order valence-electron chi connectivity index (χ2n) is 5.77. The third kappa shape index (κ3) is 2.42. The van der Waals surface area contributed by atoms with Crippen LogP contribution in [-0.4, -0.2) is 22.0 Å². The lowest BCUT2D eigenvalue weighted by Crippen LogP contribution is -2.29. The molecular formula is C20H13NO4. The van der Waals surface area contributed by atoms with Crippen LogP contribution in [0.4, 0.5) is 5.69 Å². The van der Waals surface area contributed by atoms with Crippen LogP contribution in [0.25, 0.3) is 11.1 Å². The van der Waals surface area contributed by atoms with Gasteiger partial charge in [0.05, 0.1) is 16.8 Å². The predicted molar refractivity (Wildman–Crippen MR) is 92.8 cm³/mol. The first-order valence-corrected chi connectivity index (χ1v) is 7.66. The maximum absolute atomic E-state index is 12.7. The molecule has 2 amide bonds. The third-order valence-electron chi connectivity index (χ3n) is 4.20. The molecule has 0 radical (unpaired) electrons. The van der Waals surface area contributed by atoms with Crippen LogP contribution < -0.4 is 4.90 Å². The average Bonchev–Trinajstić information content (AvgIpc) is 2.87. The number of carbonyl (C=O) groups is 2. The number of phenolic OH excluding ortho intramolecular Hbond substituents is 2. The van der Waals surface area contributed by atoms with Crippen LogP contribution in [0.1, 0.15) is 20.7 Å². The molecule has 0 saturated carbocycles. The second-order valence-corrected chi connectivity index (χ2v) is 5.77. The van der Waals surface area contributed by atoms with E-state index >= 15 is 0 Å². The van der Waals surface area contributed by atoms with Crippen LogP contribution in [0.15, 0.2) is 66.7 Å². The van der Waals surface area contributed by atoms with Crippen molar-refractivity contribution in [2.75, 3.05) is 4.90 Å². The van der Waals surface area contributed by atoms with Gasteiger partial charge in [-0.15, -0.1) is 0 Å². The molecule has 0 aromatic heterocycles. The van der Waals surface area contributed by atoms with Crippen molar-refractivity contribution < 1.29 is 19.8 Å². The molecule has 0 fully saturated rings. The number of hydrogen-bond acceptors (Lipinski definition) is 4. The molecule has 5 nitrogen and oxygen atoms in total. The Morgan fingerprint density at radius 3 is 1.76 bits per heavy atom. The van der Waals surface area contributed by atoms with Crippen molar-refractivity contribution in [1.29, 1.82) is 0 Å². The van der Waals surface area contributed by atoms with Crippen LogP contribution in [0, 0.1) is 0 Å². The molecule has 0 bridgehead atoms. The van der Waals surface area contributed by atoms with Crippen molar-refractivity contribution in [3.8, 4) is 22.6 Å². The minimum atomic E-state index is -0.397. The van der Waals surface area contributed by atoms with Crippen LogP contribution in [0.5, 0.6) is 11.5 Å². The van der Waals surface area contributed by atoms with Gasteiger partial charge in [0.25, 0.3) is 11.8 Å². The summed E-state index contributed by atoms with van der Waals surface area (Å²) in [6.45, 7) is 0. The van der Waals surface area contributed by atoms with Gasteiger partial charge in [-0.25, -0.2) is 4.90 Å². The van der Waals surface area contributed by atoms with E-state index in [1.54, 1.807) is 42.5 Å². The Morgan fingerprint density at radius 2 is 1.12 bits per heavy atom. The number of benzene rings is 3. The van der Waals surface area contributed by atoms with Crippen molar-refractivity contribution in [2.45, 2.75) is 0 Å². The molecular weight excluding hydrogens is 318 g/mol. The lowest BCUT2D eigenvalue weighted by Gasteiger charge is -2.13. The topological polar surface area (TPSA) is 77.8 Å². The third-order valence-corrected chi connectivity index (χ3v) is 4.20. The van der Waals surface area contributed by atoms with E-state index in [0.717, 1.165) is 16.0 Å². The van der Waals surface area contributed by atoms with Crippen molar-refractivity contribution >= 4 is 17.5 Å². The van der Waals surface area contributed by atoms with E-state index in [1.807, 2.05) is 0 Å². The van der Waals surface area contributed by atoms with E-state index in [2.05, 4.69) is 0 Å². The smallest absolute Gasteiger partial charge is 0.266 e. The van der Waals surface area contributed by atoms with Crippen LogP contribution in [-0.2, 0) is 0 Å². The number of aromatic hydroxyl groups is 2. The summed E-state index contributed by atoms with van der Waals surface area (Å²) in [4.78, 5) is 26.4. The van der Waals surface area contributed by atoms with Gasteiger partial charge in [0.15, 0.2) is 0 Å². The lowest BCUT2D eigenvalue weighted by molar-refractivity contribution is 0.0926. The summed E-state index contributed by atoms with van der Waals surface area (Å²) in [5.74, 6) is -0.557. The number of imide groups is 1. The van der Waals surface area contributed by atoms with Crippen LogP contribution >= 0.6 is 0 Å². The highest BCUT2D eigenvalue weighted by Gasteiger charge is 2.36. The number of nitrogens with zero attached hydrogens (tertiary/aromatic N) is 1. The van der Waals surface area contributed by atoms with Crippen molar-refractivity contribution in [2.24, 2.45) is 0 Å². The normalized spacial score (nSPS) is 13.2. The monoisotopic (exact) mass is 331 g/mol. The maximum atomic E-state index is 12.7. The van der Waals surface area contributed by atoms with Gasteiger partial charge >= 0.3 is 0 Å². The molecule has 1 heterocycles. The van der Waals surface area contributed by atoms with Gasteiger partial charge < -0.3 is 10.2 Å². The maximum Gasteiger partial charge on any atom is 0.266 e. The zero-order valence-corrected chi connectivity index (χ0v) is 13.0. The fourth-order valence-corrected chi connectivity index (χ4v) is 2.91. The molecule has 122 valence electrons. The van der Waals surface area contributed by atoms with Crippen molar-refractivity contribution in [3.63, 3.8) is 0 Å². The van der Waals surface area contributed by atoms with Gasteiger partial charge in [0, 0.05) is 0 Å². The second kappa shape index (κ2) is 5.49. The number of anilines is 1. The molecule has 0 saturated heterocycles. The minimum Gasteiger partial charge on any atom is -0.508 e. The van der Waals surface area contributed by atoms with E-state index in [0.29, 0.717) is 16.8 Å². The molecule has 5 heteroatoms. The Balaban J connectivity index is 1.76. The highest BCUT2D eigenvalue weighted by atomic mass is 16.3. The van der Waals surface area contributed by atoms with Gasteiger partial charge in [-0.2, -0.15) is 0 Å². The average molecular weight is 331 g/mol. The van der Waals surface area contributed by atoms with Gasteiger partial charge in [-0.1, -0.05) is 18.2 Å². The SMILES string of the molecule is O=C1c2ccc(-c3ccc(O)cc3)cc2C(=O)N1c1ccc(O)cc1. The van der Waals surface area contributed by atoms with Gasteiger partial charge in [-0.3, -0.25) is 9.59 Å². The number of rotatable bonds is 2. The summed E-state index contributed by atoms with van der Waals surface area (Å²) >= 11 is 0. The summed E-state index contributed by atoms with van der Waals surface area (Å²) < 4.78 is 0. The Kier molecular flexibility index (Phi) is 3.28. The van der Waals surface area contributed by atoms with Crippen molar-refractivity contribution in [1.82, 2.24) is 0 Å². The van der Waals surface area contributed by atoms with Crippen LogP contribution in [0.2, 0.25) is 0 Å². The quantitative estimate of drug-likeness (QED) is 0.704. The van der Waals surface area contributed by atoms with Gasteiger partial charge in [0.2, 0.25) is 0 Å². The fraction of sp³-hybridized carbons (Fsp3) is 0. The minimum absolute atomic E-state index is 0.0648. The zero-order valence-electron chi connectivity index (χ0n) is 13.0. The van der Waals surface area contributed by atoms with Gasteiger partial charge in [0.1, 0.15) is 11.5 Å². The summed E-state index contributed by atoms with van der Waals surface area (Å²) in [5, 5.41) is 18.8. The van der Waals surface area contributed by atoms with E-state index < -0.39 is 5.91 Å². The Bertz CT molecular complexity index is 991. The standard InChI is InChI=1S/C20H13NO4/c22-15-6-1-12(2-7-15)13-3-10-17-18(11-13)20(25)21(19(17)24)14-4-8-16(23)9-5-14/h1-11,22-23H. The molecule has 3 aromatic rings. The summed E-state index contributed by atoms with van der Waals surface area (Å²) in [6, 6.07) is 17.6. The Hall–Kier alpha value is -3.60. The predicted octanol–water partition coefficient (Wildman–Crippen LogP) is 3.57. The molecule has 4 rings (SSSR count).